The molecule has 2 rings (SSSR count). The molecule has 0 radical (unpaired) electrons. The molecular weight excluding hydrogens is 172 g/mol. The number of aromatic nitrogens is 1. The van der Waals surface area contributed by atoms with Gasteiger partial charge in [-0.3, -0.25) is 0 Å². The van der Waals surface area contributed by atoms with Crippen molar-refractivity contribution in [2.24, 2.45) is 13.0 Å². The second-order valence-electron chi connectivity index (χ2n) is 4.52. The Morgan fingerprint density at radius 2 is 2.21 bits per heavy atom. The van der Waals surface area contributed by atoms with E-state index in [9.17, 15) is 0 Å². The molecule has 14 heavy (non-hydrogen) atoms. The maximum atomic E-state index is 3.63. The number of aryl methyl sites for hydroxylation is 1. The average Bonchev–Trinajstić information content (AvgIpc) is 2.46. The molecule has 1 fully saturated rings. The Kier molecular flexibility index (Phi) is 2.92. The highest BCUT2D eigenvalue weighted by Gasteiger charge is 2.18. The number of hydrogen-bond acceptors (Lipinski definition) is 1. The van der Waals surface area contributed by atoms with Crippen LogP contribution in [0.25, 0.3) is 0 Å². The molecule has 1 aromatic rings. The van der Waals surface area contributed by atoms with Crippen LogP contribution in [0.2, 0.25) is 0 Å². The van der Waals surface area contributed by atoms with Crippen LogP contribution in [0.5, 0.6) is 0 Å². The second-order valence-corrected chi connectivity index (χ2v) is 4.52. The summed E-state index contributed by atoms with van der Waals surface area (Å²) in [4.78, 5) is 0. The Morgan fingerprint density at radius 3 is 2.93 bits per heavy atom. The zero-order valence-corrected chi connectivity index (χ0v) is 9.16. The molecule has 1 saturated heterocycles. The first kappa shape index (κ1) is 9.78. The van der Waals surface area contributed by atoms with Crippen molar-refractivity contribution in [2.75, 3.05) is 6.54 Å². The van der Waals surface area contributed by atoms with Gasteiger partial charge in [0.2, 0.25) is 0 Å². The van der Waals surface area contributed by atoms with E-state index in [0.717, 1.165) is 12.5 Å². The smallest absolute Gasteiger partial charge is 0.0474 e. The van der Waals surface area contributed by atoms with Crippen molar-refractivity contribution in [3.63, 3.8) is 0 Å². The molecule has 0 aromatic carbocycles. The summed E-state index contributed by atoms with van der Waals surface area (Å²) in [5.74, 6) is 0.882. The van der Waals surface area contributed by atoms with Crippen LogP contribution in [-0.4, -0.2) is 11.1 Å². The van der Waals surface area contributed by atoms with E-state index in [1.54, 1.807) is 0 Å². The first-order valence-corrected chi connectivity index (χ1v) is 5.62. The first-order chi connectivity index (χ1) is 6.77. The molecular formula is C12H20N2. The summed E-state index contributed by atoms with van der Waals surface area (Å²) in [5, 5.41) is 3.63. The quantitative estimate of drug-likeness (QED) is 0.723. The molecule has 0 aliphatic carbocycles. The summed E-state index contributed by atoms with van der Waals surface area (Å²) in [6.45, 7) is 3.52. The fourth-order valence-electron chi connectivity index (χ4n) is 2.29. The maximum absolute atomic E-state index is 3.63. The lowest BCUT2D eigenvalue weighted by molar-refractivity contribution is 0.488. The third kappa shape index (κ3) is 2.01. The minimum absolute atomic E-state index is 0.569. The van der Waals surface area contributed by atoms with Crippen LogP contribution in [0.4, 0.5) is 0 Å². The third-order valence-corrected chi connectivity index (χ3v) is 3.32. The van der Waals surface area contributed by atoms with Gasteiger partial charge >= 0.3 is 0 Å². The molecule has 2 atom stereocenters. The van der Waals surface area contributed by atoms with Crippen LogP contribution >= 0.6 is 0 Å². The summed E-state index contributed by atoms with van der Waals surface area (Å²) in [7, 11) is 2.13. The molecule has 2 heterocycles. The van der Waals surface area contributed by atoms with Crippen LogP contribution < -0.4 is 5.32 Å². The Labute approximate surface area is 86.3 Å². The van der Waals surface area contributed by atoms with E-state index in [-0.39, 0.29) is 0 Å². The largest absolute Gasteiger partial charge is 0.353 e. The van der Waals surface area contributed by atoms with E-state index >= 15 is 0 Å². The predicted octanol–water partition coefficient (Wildman–Crippen LogP) is 2.48. The molecule has 2 nitrogen and oxygen atoms in total. The summed E-state index contributed by atoms with van der Waals surface area (Å²) in [5.41, 5.74) is 1.43. The first-order valence-electron chi connectivity index (χ1n) is 5.62. The fraction of sp³-hybridized carbons (Fsp3) is 0.667. The van der Waals surface area contributed by atoms with E-state index in [1.807, 2.05) is 0 Å². The van der Waals surface area contributed by atoms with Gasteiger partial charge in [-0.1, -0.05) is 6.92 Å². The summed E-state index contributed by atoms with van der Waals surface area (Å²) in [6.07, 6.45) is 6.08. The Morgan fingerprint density at radius 1 is 1.36 bits per heavy atom. The van der Waals surface area contributed by atoms with E-state index in [0.29, 0.717) is 6.04 Å². The molecule has 2 heteroatoms. The van der Waals surface area contributed by atoms with E-state index in [2.05, 4.69) is 42.2 Å². The number of hydrogen-bond donors (Lipinski definition) is 1. The zero-order chi connectivity index (χ0) is 9.97. The highest BCUT2D eigenvalue weighted by Crippen LogP contribution is 2.25. The highest BCUT2D eigenvalue weighted by molar-refractivity contribution is 5.11. The maximum Gasteiger partial charge on any atom is 0.0474 e. The molecule has 78 valence electrons. The lowest BCUT2D eigenvalue weighted by Gasteiger charge is -2.16. The molecule has 0 saturated carbocycles. The number of nitrogens with zero attached hydrogens (tertiary/aromatic N) is 1. The van der Waals surface area contributed by atoms with Gasteiger partial charge in [-0.25, -0.2) is 0 Å². The van der Waals surface area contributed by atoms with Crippen molar-refractivity contribution in [3.8, 4) is 0 Å². The summed E-state index contributed by atoms with van der Waals surface area (Å²) >= 11 is 0. The van der Waals surface area contributed by atoms with Gasteiger partial charge in [-0.05, 0) is 43.9 Å². The average molecular weight is 192 g/mol. The Balaban J connectivity index is 2.08. The molecule has 0 amide bonds. The van der Waals surface area contributed by atoms with Crippen LogP contribution in [0.3, 0.4) is 0 Å². The minimum Gasteiger partial charge on any atom is -0.353 e. The van der Waals surface area contributed by atoms with Crippen molar-refractivity contribution in [3.05, 3.63) is 24.0 Å². The second kappa shape index (κ2) is 4.18. The summed E-state index contributed by atoms with van der Waals surface area (Å²) < 4.78 is 2.23. The SMILES string of the molecule is C[C@@H]1CCN[C@H](c2cccn2C)CC1. The molecule has 1 aromatic heterocycles. The van der Waals surface area contributed by atoms with Gasteiger partial charge in [-0.15, -0.1) is 0 Å². The highest BCUT2D eigenvalue weighted by atomic mass is 15.0. The Bertz CT molecular complexity index is 290. The van der Waals surface area contributed by atoms with Crippen LogP contribution in [0.1, 0.15) is 37.9 Å². The minimum atomic E-state index is 0.569. The monoisotopic (exact) mass is 192 g/mol. The molecule has 0 unspecified atom stereocenters. The van der Waals surface area contributed by atoms with Crippen LogP contribution in [0.15, 0.2) is 18.3 Å². The third-order valence-electron chi connectivity index (χ3n) is 3.32. The lowest BCUT2D eigenvalue weighted by atomic mass is 10.0. The summed E-state index contributed by atoms with van der Waals surface area (Å²) in [6, 6.07) is 4.93. The van der Waals surface area contributed by atoms with Gasteiger partial charge in [0.15, 0.2) is 0 Å². The van der Waals surface area contributed by atoms with Gasteiger partial charge in [-0.2, -0.15) is 0 Å². The Hall–Kier alpha value is -0.760. The van der Waals surface area contributed by atoms with E-state index < -0.39 is 0 Å². The number of nitrogens with one attached hydrogen (secondary N) is 1. The van der Waals surface area contributed by atoms with Crippen LogP contribution in [-0.2, 0) is 7.05 Å². The van der Waals surface area contributed by atoms with E-state index in [4.69, 9.17) is 0 Å². The van der Waals surface area contributed by atoms with Gasteiger partial charge < -0.3 is 9.88 Å². The topological polar surface area (TPSA) is 17.0 Å². The predicted molar refractivity (Wildman–Crippen MR) is 59.2 cm³/mol. The van der Waals surface area contributed by atoms with Crippen molar-refractivity contribution in [2.45, 2.75) is 32.2 Å². The van der Waals surface area contributed by atoms with E-state index in [1.165, 1.54) is 25.0 Å². The van der Waals surface area contributed by atoms with Gasteiger partial charge in [0.1, 0.15) is 0 Å². The van der Waals surface area contributed by atoms with Gasteiger partial charge in [0.25, 0.3) is 0 Å². The van der Waals surface area contributed by atoms with Crippen molar-refractivity contribution >= 4 is 0 Å². The van der Waals surface area contributed by atoms with Gasteiger partial charge in [0, 0.05) is 25.0 Å². The fourth-order valence-corrected chi connectivity index (χ4v) is 2.29. The molecule has 1 aliphatic rings. The van der Waals surface area contributed by atoms with Gasteiger partial charge in [0.05, 0.1) is 0 Å². The number of rotatable bonds is 1. The molecule has 1 N–H and O–H groups in total. The molecule has 0 bridgehead atoms. The van der Waals surface area contributed by atoms with Crippen molar-refractivity contribution in [1.29, 1.82) is 0 Å². The molecule has 0 spiro atoms. The molecule has 1 aliphatic heterocycles. The van der Waals surface area contributed by atoms with Crippen molar-refractivity contribution in [1.82, 2.24) is 9.88 Å². The van der Waals surface area contributed by atoms with Crippen molar-refractivity contribution < 1.29 is 0 Å². The standard InChI is InChI=1S/C12H20N2/c1-10-5-6-11(13-8-7-10)12-4-3-9-14(12)2/h3-4,9-11,13H,5-8H2,1-2H3/t10-,11-/m0/s1. The van der Waals surface area contributed by atoms with Crippen LogP contribution in [0, 0.1) is 5.92 Å². The lowest BCUT2D eigenvalue weighted by Crippen LogP contribution is -2.22. The zero-order valence-electron chi connectivity index (χ0n) is 9.16. The normalized spacial score (nSPS) is 28.7.